The van der Waals surface area contributed by atoms with Crippen LogP contribution in [0.1, 0.15) is 42.9 Å². The lowest BCUT2D eigenvalue weighted by Gasteiger charge is -2.39. The molecule has 1 saturated heterocycles. The van der Waals surface area contributed by atoms with E-state index in [0.29, 0.717) is 18.7 Å². The normalized spacial score (nSPS) is 19.6. The summed E-state index contributed by atoms with van der Waals surface area (Å²) in [5, 5.41) is 7.87. The van der Waals surface area contributed by atoms with Crippen molar-refractivity contribution in [2.45, 2.75) is 39.3 Å². The maximum absolute atomic E-state index is 12.7. The first-order chi connectivity index (χ1) is 9.84. The van der Waals surface area contributed by atoms with Gasteiger partial charge in [0.25, 0.3) is 5.91 Å². The van der Waals surface area contributed by atoms with Crippen molar-refractivity contribution in [2.75, 3.05) is 33.4 Å². The minimum Gasteiger partial charge on any atom is -0.382 e. The van der Waals surface area contributed by atoms with Gasteiger partial charge in [-0.2, -0.15) is 5.10 Å². The highest BCUT2D eigenvalue weighted by Crippen LogP contribution is 2.17. The van der Waals surface area contributed by atoms with Crippen molar-refractivity contribution < 1.29 is 9.53 Å². The molecule has 21 heavy (non-hydrogen) atoms. The lowest BCUT2D eigenvalue weighted by atomic mass is 10.0. The Morgan fingerprint density at radius 2 is 2.29 bits per heavy atom. The summed E-state index contributed by atoms with van der Waals surface area (Å²) in [5.74, 6) is 0.0675. The molecule has 1 N–H and O–H groups in total. The molecule has 2 rings (SSSR count). The number of nitrogens with zero attached hydrogens (tertiary/aromatic N) is 3. The highest BCUT2D eigenvalue weighted by molar-refractivity contribution is 5.95. The third-order valence-corrected chi connectivity index (χ3v) is 3.87. The summed E-state index contributed by atoms with van der Waals surface area (Å²) in [6.45, 7) is 11.0. The van der Waals surface area contributed by atoms with Crippen LogP contribution >= 0.6 is 0 Å². The first-order valence-corrected chi connectivity index (χ1v) is 7.43. The van der Waals surface area contributed by atoms with Gasteiger partial charge < -0.3 is 15.0 Å². The quantitative estimate of drug-likeness (QED) is 0.907. The molecule has 1 aliphatic rings. The molecule has 6 heteroatoms. The van der Waals surface area contributed by atoms with E-state index in [1.807, 2.05) is 29.6 Å². The highest BCUT2D eigenvalue weighted by Gasteiger charge is 2.30. The zero-order valence-electron chi connectivity index (χ0n) is 13.6. The summed E-state index contributed by atoms with van der Waals surface area (Å²) in [5.41, 5.74) is 1.43. The number of amides is 1. The molecule has 118 valence electrons. The number of aryl methyl sites for hydroxylation is 1. The fourth-order valence-corrected chi connectivity index (χ4v) is 2.72. The number of hydrogen-bond acceptors (Lipinski definition) is 4. The smallest absolute Gasteiger partial charge is 0.257 e. The van der Waals surface area contributed by atoms with E-state index in [1.54, 1.807) is 7.11 Å². The van der Waals surface area contributed by atoms with Crippen molar-refractivity contribution >= 4 is 5.91 Å². The van der Waals surface area contributed by atoms with Crippen LogP contribution in [0.3, 0.4) is 0 Å². The first-order valence-electron chi connectivity index (χ1n) is 7.43. The van der Waals surface area contributed by atoms with E-state index in [2.05, 4.69) is 24.3 Å². The number of methoxy groups -OCH3 is 1. The summed E-state index contributed by atoms with van der Waals surface area (Å²) in [7, 11) is 1.67. The molecule has 6 nitrogen and oxygen atoms in total. The van der Waals surface area contributed by atoms with Gasteiger partial charge in [0.2, 0.25) is 0 Å². The Morgan fingerprint density at radius 3 is 2.90 bits per heavy atom. The SMILES string of the molecule is COC[C@@H](C)n1cc(C(=O)N2CCNC(C)(C)C2)c(C)n1. The van der Waals surface area contributed by atoms with E-state index >= 15 is 0 Å². The number of hydrogen-bond donors (Lipinski definition) is 1. The number of carbonyl (C=O) groups is 1. The van der Waals surface area contributed by atoms with E-state index in [9.17, 15) is 4.79 Å². The molecule has 1 fully saturated rings. The molecule has 0 saturated carbocycles. The molecule has 0 spiro atoms. The van der Waals surface area contributed by atoms with Gasteiger partial charge in [-0.15, -0.1) is 0 Å². The summed E-state index contributed by atoms with van der Waals surface area (Å²) >= 11 is 0. The lowest BCUT2D eigenvalue weighted by molar-refractivity contribution is 0.0651. The van der Waals surface area contributed by atoms with Crippen LogP contribution in [-0.4, -0.2) is 59.5 Å². The molecule has 0 aromatic carbocycles. The minimum absolute atomic E-state index is 0.0405. The minimum atomic E-state index is -0.0405. The fourth-order valence-electron chi connectivity index (χ4n) is 2.72. The van der Waals surface area contributed by atoms with Crippen molar-refractivity contribution in [3.8, 4) is 0 Å². The number of nitrogens with one attached hydrogen (secondary N) is 1. The van der Waals surface area contributed by atoms with Gasteiger partial charge in [0.15, 0.2) is 0 Å². The molecule has 0 radical (unpaired) electrons. The van der Waals surface area contributed by atoms with E-state index in [0.717, 1.165) is 18.8 Å². The lowest BCUT2D eigenvalue weighted by Crippen LogP contribution is -2.58. The summed E-state index contributed by atoms with van der Waals surface area (Å²) in [6, 6.07) is 0.120. The van der Waals surface area contributed by atoms with E-state index in [4.69, 9.17) is 4.74 Å². The van der Waals surface area contributed by atoms with E-state index in [-0.39, 0.29) is 17.5 Å². The van der Waals surface area contributed by atoms with Gasteiger partial charge in [-0.1, -0.05) is 0 Å². The second-order valence-corrected chi connectivity index (χ2v) is 6.45. The fraction of sp³-hybridized carbons (Fsp3) is 0.733. The first kappa shape index (κ1) is 16.0. The number of ether oxygens (including phenoxy) is 1. The second kappa shape index (κ2) is 6.15. The summed E-state index contributed by atoms with van der Waals surface area (Å²) in [6.07, 6.45) is 1.84. The van der Waals surface area contributed by atoms with Crippen LogP contribution in [0.5, 0.6) is 0 Å². The van der Waals surface area contributed by atoms with Crippen LogP contribution < -0.4 is 5.32 Å². The standard InChI is InChI=1S/C15H26N4O2/c1-11(9-21-5)19-8-13(12(2)17-19)14(20)18-7-6-16-15(3,4)10-18/h8,11,16H,6-7,9-10H2,1-5H3/t11-/m1/s1. The van der Waals surface area contributed by atoms with Crippen LogP contribution in [-0.2, 0) is 4.74 Å². The predicted octanol–water partition coefficient (Wildman–Crippen LogP) is 1.22. The predicted molar refractivity (Wildman–Crippen MR) is 81.5 cm³/mol. The molecule has 0 aliphatic carbocycles. The Kier molecular flexibility index (Phi) is 4.68. The van der Waals surface area contributed by atoms with Gasteiger partial charge in [-0.05, 0) is 27.7 Å². The Hall–Kier alpha value is -1.40. The van der Waals surface area contributed by atoms with Crippen molar-refractivity contribution in [3.05, 3.63) is 17.5 Å². The Labute approximate surface area is 126 Å². The number of aromatic nitrogens is 2. The third kappa shape index (κ3) is 3.63. The number of rotatable bonds is 4. The molecule has 2 heterocycles. The van der Waals surface area contributed by atoms with Crippen molar-refractivity contribution in [2.24, 2.45) is 0 Å². The van der Waals surface area contributed by atoms with Crippen LogP contribution in [0.4, 0.5) is 0 Å². The highest BCUT2D eigenvalue weighted by atomic mass is 16.5. The van der Waals surface area contributed by atoms with Gasteiger partial charge in [0.05, 0.1) is 23.9 Å². The van der Waals surface area contributed by atoms with Gasteiger partial charge in [-0.3, -0.25) is 9.48 Å². The van der Waals surface area contributed by atoms with Crippen molar-refractivity contribution in [1.29, 1.82) is 0 Å². The second-order valence-electron chi connectivity index (χ2n) is 6.45. The van der Waals surface area contributed by atoms with Gasteiger partial charge in [-0.25, -0.2) is 0 Å². The van der Waals surface area contributed by atoms with Crippen molar-refractivity contribution in [1.82, 2.24) is 20.0 Å². The molecular formula is C15H26N4O2. The largest absolute Gasteiger partial charge is 0.382 e. The average molecular weight is 294 g/mol. The molecule has 1 amide bonds. The maximum Gasteiger partial charge on any atom is 0.257 e. The van der Waals surface area contributed by atoms with Crippen LogP contribution in [0.2, 0.25) is 0 Å². The zero-order valence-corrected chi connectivity index (χ0v) is 13.6. The van der Waals surface area contributed by atoms with E-state index in [1.165, 1.54) is 0 Å². The topological polar surface area (TPSA) is 59.4 Å². The van der Waals surface area contributed by atoms with Crippen LogP contribution in [0, 0.1) is 6.92 Å². The van der Waals surface area contributed by atoms with E-state index < -0.39 is 0 Å². The monoisotopic (exact) mass is 294 g/mol. The van der Waals surface area contributed by atoms with Gasteiger partial charge >= 0.3 is 0 Å². The third-order valence-electron chi connectivity index (χ3n) is 3.87. The van der Waals surface area contributed by atoms with Gasteiger partial charge in [0, 0.05) is 38.5 Å². The molecule has 1 aromatic heterocycles. The molecule has 0 unspecified atom stereocenters. The van der Waals surface area contributed by atoms with Gasteiger partial charge in [0.1, 0.15) is 0 Å². The average Bonchev–Trinajstić information content (AvgIpc) is 2.79. The maximum atomic E-state index is 12.7. The summed E-state index contributed by atoms with van der Waals surface area (Å²) in [4.78, 5) is 14.6. The summed E-state index contributed by atoms with van der Waals surface area (Å²) < 4.78 is 6.97. The Bertz CT molecular complexity index is 510. The molecule has 1 atom stereocenters. The molecule has 1 aliphatic heterocycles. The Morgan fingerprint density at radius 1 is 1.57 bits per heavy atom. The zero-order chi connectivity index (χ0) is 15.6. The number of carbonyl (C=O) groups excluding carboxylic acids is 1. The molecule has 0 bridgehead atoms. The van der Waals surface area contributed by atoms with Crippen LogP contribution in [0.15, 0.2) is 6.20 Å². The van der Waals surface area contributed by atoms with Crippen LogP contribution in [0.25, 0.3) is 0 Å². The van der Waals surface area contributed by atoms with Crippen molar-refractivity contribution in [3.63, 3.8) is 0 Å². The molecule has 1 aromatic rings. The number of piperazine rings is 1. The molecular weight excluding hydrogens is 268 g/mol. The Balaban J connectivity index is 2.16.